The van der Waals surface area contributed by atoms with E-state index in [0.717, 1.165) is 15.7 Å². The fraction of sp³-hybridized carbons (Fsp3) is 0.188. The van der Waals surface area contributed by atoms with Crippen LogP contribution in [0.15, 0.2) is 46.9 Å². The predicted molar refractivity (Wildman–Crippen MR) is 90.5 cm³/mol. The number of aryl methyl sites for hydroxylation is 1. The SMILES string of the molecule is Cc1cccc(NC(C)(C(N)=O)c2ccc(Br)cc2Cl)c1. The third kappa shape index (κ3) is 3.39. The van der Waals surface area contributed by atoms with E-state index in [1.165, 1.54) is 0 Å². The molecule has 0 spiro atoms. The summed E-state index contributed by atoms with van der Waals surface area (Å²) in [5, 5.41) is 3.68. The predicted octanol–water partition coefficient (Wildman–Crippen LogP) is 4.22. The second kappa shape index (κ2) is 6.08. The minimum absolute atomic E-state index is 0.478. The highest BCUT2D eigenvalue weighted by molar-refractivity contribution is 9.10. The first-order valence-corrected chi connectivity index (χ1v) is 7.60. The zero-order valence-corrected chi connectivity index (χ0v) is 14.1. The first kappa shape index (κ1) is 15.9. The number of nitrogens with two attached hydrogens (primary N) is 1. The van der Waals surface area contributed by atoms with Crippen LogP contribution in [0.3, 0.4) is 0 Å². The minimum Gasteiger partial charge on any atom is -0.368 e. The van der Waals surface area contributed by atoms with Crippen LogP contribution >= 0.6 is 27.5 Å². The van der Waals surface area contributed by atoms with Gasteiger partial charge in [0.1, 0.15) is 5.54 Å². The molecule has 0 heterocycles. The summed E-state index contributed by atoms with van der Waals surface area (Å²) in [6, 6.07) is 13.1. The van der Waals surface area contributed by atoms with Gasteiger partial charge in [-0.2, -0.15) is 0 Å². The summed E-state index contributed by atoms with van der Waals surface area (Å²) in [5.74, 6) is -0.492. The van der Waals surface area contributed by atoms with Crippen molar-refractivity contribution in [1.29, 1.82) is 0 Å². The van der Waals surface area contributed by atoms with Gasteiger partial charge in [0.05, 0.1) is 0 Å². The van der Waals surface area contributed by atoms with Gasteiger partial charge in [-0.3, -0.25) is 4.79 Å². The van der Waals surface area contributed by atoms with E-state index in [9.17, 15) is 4.79 Å². The van der Waals surface area contributed by atoms with Crippen LogP contribution < -0.4 is 11.1 Å². The van der Waals surface area contributed by atoms with Gasteiger partial charge >= 0.3 is 0 Å². The molecule has 110 valence electrons. The first-order valence-electron chi connectivity index (χ1n) is 6.43. The molecule has 0 aliphatic rings. The third-order valence-corrected chi connectivity index (χ3v) is 4.18. The van der Waals surface area contributed by atoms with Crippen LogP contribution in [0, 0.1) is 6.92 Å². The van der Waals surface area contributed by atoms with Crippen molar-refractivity contribution in [3.63, 3.8) is 0 Å². The Balaban J connectivity index is 2.48. The average molecular weight is 368 g/mol. The summed E-state index contributed by atoms with van der Waals surface area (Å²) in [7, 11) is 0. The highest BCUT2D eigenvalue weighted by Crippen LogP contribution is 2.33. The summed E-state index contributed by atoms with van der Waals surface area (Å²) in [4.78, 5) is 12.0. The van der Waals surface area contributed by atoms with Gasteiger partial charge in [-0.25, -0.2) is 0 Å². The fourth-order valence-electron chi connectivity index (χ4n) is 2.17. The summed E-state index contributed by atoms with van der Waals surface area (Å²) in [5.41, 5.74) is 7.08. The van der Waals surface area contributed by atoms with Crippen LogP contribution in [0.2, 0.25) is 5.02 Å². The molecular formula is C16H16BrClN2O. The Labute approximate surface area is 137 Å². The number of anilines is 1. The lowest BCUT2D eigenvalue weighted by atomic mass is 9.90. The zero-order valence-electron chi connectivity index (χ0n) is 11.8. The van der Waals surface area contributed by atoms with Gasteiger partial charge in [-0.1, -0.05) is 45.7 Å². The van der Waals surface area contributed by atoms with Gasteiger partial charge in [0, 0.05) is 20.7 Å². The lowest BCUT2D eigenvalue weighted by Gasteiger charge is -2.30. The molecule has 0 bridgehead atoms. The number of carbonyl (C=O) groups excluding carboxylic acids is 1. The maximum absolute atomic E-state index is 12.0. The van der Waals surface area contributed by atoms with Crippen LogP contribution in [0.1, 0.15) is 18.1 Å². The molecule has 3 nitrogen and oxygen atoms in total. The van der Waals surface area contributed by atoms with E-state index in [1.54, 1.807) is 19.1 Å². The molecule has 1 unspecified atom stereocenters. The molecule has 1 atom stereocenters. The van der Waals surface area contributed by atoms with E-state index in [2.05, 4.69) is 21.2 Å². The molecule has 21 heavy (non-hydrogen) atoms. The minimum atomic E-state index is -1.09. The number of hydrogen-bond donors (Lipinski definition) is 2. The Kier molecular flexibility index (Phi) is 4.59. The molecule has 0 radical (unpaired) electrons. The maximum Gasteiger partial charge on any atom is 0.247 e. The number of halogens is 2. The van der Waals surface area contributed by atoms with Gasteiger partial charge < -0.3 is 11.1 Å². The molecule has 1 amide bonds. The first-order chi connectivity index (χ1) is 9.83. The normalized spacial score (nSPS) is 13.5. The van der Waals surface area contributed by atoms with Crippen molar-refractivity contribution < 1.29 is 4.79 Å². The molecule has 0 aliphatic heterocycles. The highest BCUT2D eigenvalue weighted by atomic mass is 79.9. The standard InChI is InChI=1S/C16H16BrClN2O/c1-10-4-3-5-12(8-10)20-16(2,15(19)21)13-7-6-11(17)9-14(13)18/h3-9,20H,1-2H3,(H2,19,21). The lowest BCUT2D eigenvalue weighted by molar-refractivity contribution is -0.122. The largest absolute Gasteiger partial charge is 0.368 e. The number of primary amides is 1. The van der Waals surface area contributed by atoms with E-state index in [0.29, 0.717) is 10.6 Å². The van der Waals surface area contributed by atoms with Crippen LogP contribution in [-0.2, 0) is 10.3 Å². The Morgan fingerprint density at radius 3 is 2.57 bits per heavy atom. The summed E-state index contributed by atoms with van der Waals surface area (Å²) < 4.78 is 0.846. The van der Waals surface area contributed by atoms with Crippen molar-refractivity contribution in [3.8, 4) is 0 Å². The fourth-order valence-corrected chi connectivity index (χ4v) is 3.03. The number of nitrogens with one attached hydrogen (secondary N) is 1. The van der Waals surface area contributed by atoms with Crippen LogP contribution in [-0.4, -0.2) is 5.91 Å². The van der Waals surface area contributed by atoms with Gasteiger partial charge in [-0.15, -0.1) is 0 Å². The van der Waals surface area contributed by atoms with E-state index in [1.807, 2.05) is 37.3 Å². The molecule has 5 heteroatoms. The Bertz CT molecular complexity index is 690. The Morgan fingerprint density at radius 2 is 2.00 bits per heavy atom. The molecule has 3 N–H and O–H groups in total. The quantitative estimate of drug-likeness (QED) is 0.850. The van der Waals surface area contributed by atoms with E-state index in [-0.39, 0.29) is 0 Å². The van der Waals surface area contributed by atoms with Gasteiger partial charge in [0.25, 0.3) is 0 Å². The number of hydrogen-bond acceptors (Lipinski definition) is 2. The molecule has 2 aromatic carbocycles. The Hall–Kier alpha value is -1.52. The molecule has 0 saturated heterocycles. The summed E-state index contributed by atoms with van der Waals surface area (Å²) in [6.45, 7) is 3.71. The van der Waals surface area contributed by atoms with Crippen molar-refractivity contribution in [2.75, 3.05) is 5.32 Å². The molecule has 0 aliphatic carbocycles. The molecule has 0 saturated carbocycles. The zero-order chi connectivity index (χ0) is 15.6. The number of carbonyl (C=O) groups is 1. The van der Waals surface area contributed by atoms with Crippen LogP contribution in [0.5, 0.6) is 0 Å². The Morgan fingerprint density at radius 1 is 1.29 bits per heavy atom. The second-order valence-corrected chi connectivity index (χ2v) is 6.43. The van der Waals surface area contributed by atoms with Crippen molar-refractivity contribution >= 4 is 39.1 Å². The summed E-state index contributed by atoms with van der Waals surface area (Å²) >= 11 is 9.63. The smallest absolute Gasteiger partial charge is 0.247 e. The van der Waals surface area contributed by atoms with Crippen molar-refractivity contribution in [2.45, 2.75) is 19.4 Å². The molecule has 2 aromatic rings. The van der Waals surface area contributed by atoms with E-state index >= 15 is 0 Å². The van der Waals surface area contributed by atoms with E-state index < -0.39 is 11.4 Å². The molecular weight excluding hydrogens is 352 g/mol. The highest BCUT2D eigenvalue weighted by Gasteiger charge is 2.35. The molecule has 2 rings (SSSR count). The monoisotopic (exact) mass is 366 g/mol. The van der Waals surface area contributed by atoms with Gasteiger partial charge in [0.15, 0.2) is 0 Å². The third-order valence-electron chi connectivity index (χ3n) is 3.38. The van der Waals surface area contributed by atoms with Crippen molar-refractivity contribution in [2.24, 2.45) is 5.73 Å². The van der Waals surface area contributed by atoms with Gasteiger partial charge in [0.2, 0.25) is 5.91 Å². The second-order valence-electron chi connectivity index (χ2n) is 5.11. The number of rotatable bonds is 4. The maximum atomic E-state index is 12.0. The number of benzene rings is 2. The average Bonchev–Trinajstić information content (AvgIpc) is 2.38. The number of amides is 1. The van der Waals surface area contributed by atoms with Crippen molar-refractivity contribution in [3.05, 3.63) is 63.1 Å². The topological polar surface area (TPSA) is 55.1 Å². The van der Waals surface area contributed by atoms with Crippen molar-refractivity contribution in [1.82, 2.24) is 0 Å². The molecule has 0 fully saturated rings. The molecule has 0 aromatic heterocycles. The van der Waals surface area contributed by atoms with Gasteiger partial charge in [-0.05, 0) is 43.7 Å². The summed E-state index contributed by atoms with van der Waals surface area (Å²) in [6.07, 6.45) is 0. The van der Waals surface area contributed by atoms with Crippen LogP contribution in [0.25, 0.3) is 0 Å². The van der Waals surface area contributed by atoms with E-state index in [4.69, 9.17) is 17.3 Å². The van der Waals surface area contributed by atoms with Crippen LogP contribution in [0.4, 0.5) is 5.69 Å². The lowest BCUT2D eigenvalue weighted by Crippen LogP contribution is -2.45.